The number of ether oxygens (including phenoxy) is 2. The molecule has 36 heavy (non-hydrogen) atoms. The monoisotopic (exact) mass is 510 g/mol. The van der Waals surface area contributed by atoms with Crippen LogP contribution in [0, 0.1) is 0 Å². The predicted octanol–water partition coefficient (Wildman–Crippen LogP) is 2.39. The van der Waals surface area contributed by atoms with Crippen LogP contribution in [0.2, 0.25) is 0 Å². The Morgan fingerprint density at radius 1 is 1.14 bits per heavy atom. The Bertz CT molecular complexity index is 1320. The van der Waals surface area contributed by atoms with E-state index in [1.54, 1.807) is 49.6 Å². The lowest BCUT2D eigenvalue weighted by molar-refractivity contribution is -0.120. The molecule has 1 saturated heterocycles. The number of methoxy groups -OCH3 is 1. The van der Waals surface area contributed by atoms with Crippen molar-refractivity contribution in [3.05, 3.63) is 78.0 Å². The number of aromatic nitrogens is 1. The molecule has 4 rings (SSSR count). The van der Waals surface area contributed by atoms with E-state index in [0.717, 1.165) is 5.56 Å². The first-order valence-electron chi connectivity index (χ1n) is 11.2. The van der Waals surface area contributed by atoms with Crippen LogP contribution in [0.4, 0.5) is 5.82 Å². The number of hydrogen-bond donors (Lipinski definition) is 1. The van der Waals surface area contributed by atoms with Gasteiger partial charge in [-0.2, -0.15) is 13.5 Å². The maximum atomic E-state index is 12.9. The van der Waals surface area contributed by atoms with Crippen molar-refractivity contribution in [1.29, 1.82) is 0 Å². The van der Waals surface area contributed by atoms with Gasteiger partial charge in [0.15, 0.2) is 5.75 Å². The molecule has 0 spiro atoms. The first kappa shape index (κ1) is 25.1. The van der Waals surface area contributed by atoms with Crippen molar-refractivity contribution in [1.82, 2.24) is 10.4 Å². The van der Waals surface area contributed by atoms with E-state index >= 15 is 0 Å². The number of benzene rings is 2. The van der Waals surface area contributed by atoms with Crippen molar-refractivity contribution in [3.8, 4) is 11.5 Å². The van der Waals surface area contributed by atoms with Crippen LogP contribution in [0.25, 0.3) is 0 Å². The topological polar surface area (TPSA) is 119 Å². The van der Waals surface area contributed by atoms with E-state index in [1.165, 1.54) is 24.5 Å². The fraction of sp³-hybridized carbons (Fsp3) is 0.240. The molecule has 1 aliphatic rings. The Morgan fingerprint density at radius 3 is 2.69 bits per heavy atom. The number of carbonyl (C=O) groups excluding carboxylic acids is 1. The summed E-state index contributed by atoms with van der Waals surface area (Å²) in [5.74, 6) is 1.06. The Kier molecular flexibility index (Phi) is 8.13. The second kappa shape index (κ2) is 11.6. The molecule has 1 aliphatic heterocycles. The SMILES string of the molecule is COc1cccc(CC(=O)NN=Cc2ccccc2OS(=O)(=O)c2ccc(N3CCOCC3)nc2)c1. The highest BCUT2D eigenvalue weighted by atomic mass is 32.2. The molecule has 1 amide bonds. The minimum absolute atomic E-state index is 0.0700. The lowest BCUT2D eigenvalue weighted by Crippen LogP contribution is -2.36. The summed E-state index contributed by atoms with van der Waals surface area (Å²) in [5, 5.41) is 3.95. The molecule has 0 bridgehead atoms. The number of carbonyl (C=O) groups is 1. The highest BCUT2D eigenvalue weighted by Crippen LogP contribution is 2.23. The van der Waals surface area contributed by atoms with Crippen LogP contribution < -0.4 is 19.2 Å². The number of pyridine rings is 1. The minimum atomic E-state index is -4.14. The summed E-state index contributed by atoms with van der Waals surface area (Å²) < 4.78 is 41.6. The van der Waals surface area contributed by atoms with Crippen LogP contribution in [0.15, 0.2) is 76.9 Å². The molecule has 2 aromatic carbocycles. The molecule has 1 aromatic heterocycles. The first-order chi connectivity index (χ1) is 17.4. The van der Waals surface area contributed by atoms with E-state index in [2.05, 4.69) is 15.5 Å². The van der Waals surface area contributed by atoms with Crippen LogP contribution >= 0.6 is 0 Å². The molecule has 0 aliphatic carbocycles. The van der Waals surface area contributed by atoms with E-state index in [4.69, 9.17) is 13.7 Å². The summed E-state index contributed by atoms with van der Waals surface area (Å²) in [4.78, 5) is 18.5. The third kappa shape index (κ3) is 6.58. The second-order valence-corrected chi connectivity index (χ2v) is 9.39. The number of rotatable bonds is 9. The zero-order chi connectivity index (χ0) is 25.4. The molecule has 0 atom stereocenters. The highest BCUT2D eigenvalue weighted by Gasteiger charge is 2.20. The lowest BCUT2D eigenvalue weighted by atomic mass is 10.1. The summed E-state index contributed by atoms with van der Waals surface area (Å²) in [6.45, 7) is 2.59. The third-order valence-corrected chi connectivity index (χ3v) is 6.57. The highest BCUT2D eigenvalue weighted by molar-refractivity contribution is 7.87. The van der Waals surface area contributed by atoms with E-state index < -0.39 is 10.1 Å². The quantitative estimate of drug-likeness (QED) is 0.265. The van der Waals surface area contributed by atoms with Crippen LogP contribution in [0.3, 0.4) is 0 Å². The zero-order valence-corrected chi connectivity index (χ0v) is 20.5. The summed E-state index contributed by atoms with van der Waals surface area (Å²) in [7, 11) is -2.58. The smallest absolute Gasteiger partial charge is 0.340 e. The van der Waals surface area contributed by atoms with Crippen molar-refractivity contribution in [2.75, 3.05) is 38.3 Å². The van der Waals surface area contributed by atoms with Gasteiger partial charge < -0.3 is 18.6 Å². The fourth-order valence-electron chi connectivity index (χ4n) is 3.51. The van der Waals surface area contributed by atoms with Gasteiger partial charge in [0.05, 0.1) is 39.2 Å². The van der Waals surface area contributed by atoms with Crippen molar-refractivity contribution in [2.24, 2.45) is 5.10 Å². The lowest BCUT2D eigenvalue weighted by Gasteiger charge is -2.27. The van der Waals surface area contributed by atoms with Gasteiger partial charge in [0.1, 0.15) is 16.5 Å². The van der Waals surface area contributed by atoms with Gasteiger partial charge in [0.25, 0.3) is 0 Å². The van der Waals surface area contributed by atoms with Crippen LogP contribution in [0.1, 0.15) is 11.1 Å². The molecule has 2 heterocycles. The number of amides is 1. The number of hydrogen-bond acceptors (Lipinski definition) is 9. The van der Waals surface area contributed by atoms with Gasteiger partial charge in [0, 0.05) is 18.7 Å². The van der Waals surface area contributed by atoms with E-state index in [9.17, 15) is 13.2 Å². The van der Waals surface area contributed by atoms with E-state index in [0.29, 0.717) is 43.4 Å². The maximum Gasteiger partial charge on any atom is 0.340 e. The van der Waals surface area contributed by atoms with Gasteiger partial charge in [-0.3, -0.25) is 4.79 Å². The van der Waals surface area contributed by atoms with Crippen LogP contribution in [0.5, 0.6) is 11.5 Å². The standard InChI is InChI=1S/C25H26N4O6S/c1-33-21-7-4-5-19(15-21)16-25(30)28-27-17-20-6-2-3-8-23(20)35-36(31,32)22-9-10-24(26-18-22)29-11-13-34-14-12-29/h2-10,15,17-18H,11-14,16H2,1H3,(H,28,30). The van der Waals surface area contributed by atoms with Gasteiger partial charge in [-0.15, -0.1) is 0 Å². The molecular formula is C25H26N4O6S. The van der Waals surface area contributed by atoms with Gasteiger partial charge in [-0.25, -0.2) is 10.4 Å². The number of morpholine rings is 1. The molecule has 11 heteroatoms. The average molecular weight is 511 g/mol. The van der Waals surface area contributed by atoms with Crippen molar-refractivity contribution < 1.29 is 26.9 Å². The number of anilines is 1. The Morgan fingerprint density at radius 2 is 1.94 bits per heavy atom. The van der Waals surface area contributed by atoms with Gasteiger partial charge in [-0.1, -0.05) is 24.3 Å². The van der Waals surface area contributed by atoms with Crippen molar-refractivity contribution in [2.45, 2.75) is 11.3 Å². The largest absolute Gasteiger partial charge is 0.497 e. The molecule has 1 fully saturated rings. The number of para-hydroxylation sites is 1. The Balaban J connectivity index is 1.40. The first-order valence-corrected chi connectivity index (χ1v) is 12.6. The predicted molar refractivity (Wildman–Crippen MR) is 134 cm³/mol. The molecule has 10 nitrogen and oxygen atoms in total. The molecule has 0 unspecified atom stereocenters. The fourth-order valence-corrected chi connectivity index (χ4v) is 4.41. The molecule has 0 saturated carbocycles. The average Bonchev–Trinajstić information content (AvgIpc) is 2.90. The normalized spacial score (nSPS) is 14.0. The Labute approximate surface area is 209 Å². The van der Waals surface area contributed by atoms with Crippen LogP contribution in [-0.4, -0.2) is 58.9 Å². The van der Waals surface area contributed by atoms with Crippen molar-refractivity contribution in [3.63, 3.8) is 0 Å². The Hall–Kier alpha value is -3.96. The molecule has 188 valence electrons. The number of nitrogens with zero attached hydrogens (tertiary/aromatic N) is 3. The second-order valence-electron chi connectivity index (χ2n) is 7.85. The molecule has 0 radical (unpaired) electrons. The van der Waals surface area contributed by atoms with Gasteiger partial charge in [0.2, 0.25) is 5.91 Å². The molecule has 1 N–H and O–H groups in total. The van der Waals surface area contributed by atoms with Gasteiger partial charge in [-0.05, 0) is 42.0 Å². The van der Waals surface area contributed by atoms with Crippen molar-refractivity contribution >= 4 is 28.1 Å². The summed E-state index contributed by atoms with van der Waals surface area (Å²) in [6, 6.07) is 16.7. The van der Waals surface area contributed by atoms with Gasteiger partial charge >= 0.3 is 10.1 Å². The summed E-state index contributed by atoms with van der Waals surface area (Å²) in [6.07, 6.45) is 2.71. The summed E-state index contributed by atoms with van der Waals surface area (Å²) in [5.41, 5.74) is 3.58. The van der Waals surface area contributed by atoms with E-state index in [-0.39, 0.29) is 23.0 Å². The maximum absolute atomic E-state index is 12.9. The molecular weight excluding hydrogens is 484 g/mol. The van der Waals surface area contributed by atoms with E-state index in [1.807, 2.05) is 11.0 Å². The number of nitrogens with one attached hydrogen (secondary N) is 1. The summed E-state index contributed by atoms with van der Waals surface area (Å²) >= 11 is 0. The third-order valence-electron chi connectivity index (χ3n) is 5.35. The molecule has 3 aromatic rings. The number of hydrazone groups is 1. The zero-order valence-electron chi connectivity index (χ0n) is 19.7. The van der Waals surface area contributed by atoms with Crippen LogP contribution in [-0.2, 0) is 26.1 Å². The minimum Gasteiger partial charge on any atom is -0.497 e.